The van der Waals surface area contributed by atoms with Crippen molar-refractivity contribution in [3.05, 3.63) is 29.8 Å². The first-order valence-electron chi connectivity index (χ1n) is 5.84. The van der Waals surface area contributed by atoms with Crippen LogP contribution in [-0.4, -0.2) is 33.5 Å². The standard InChI is InChI=1S/C13H15N3O2S/c1-8-4-6-10(7-5-8)11-14-13(16-15-11)19-9(2)12(17)18-3/h4-7,9H,1-3H3,(H,14,15,16). The minimum Gasteiger partial charge on any atom is -0.468 e. The van der Waals surface area contributed by atoms with Crippen LogP contribution in [0.3, 0.4) is 0 Å². The number of rotatable bonds is 4. The van der Waals surface area contributed by atoms with Gasteiger partial charge in [-0.25, -0.2) is 4.98 Å². The molecule has 5 nitrogen and oxygen atoms in total. The molecule has 0 fully saturated rings. The third-order valence-electron chi connectivity index (χ3n) is 2.61. The largest absolute Gasteiger partial charge is 0.468 e. The average molecular weight is 277 g/mol. The minimum absolute atomic E-state index is 0.285. The summed E-state index contributed by atoms with van der Waals surface area (Å²) >= 11 is 1.27. The number of benzene rings is 1. The van der Waals surface area contributed by atoms with Crippen LogP contribution >= 0.6 is 11.8 Å². The van der Waals surface area contributed by atoms with Crippen molar-refractivity contribution in [1.82, 2.24) is 15.2 Å². The van der Waals surface area contributed by atoms with E-state index in [0.29, 0.717) is 11.0 Å². The van der Waals surface area contributed by atoms with Crippen molar-refractivity contribution in [2.75, 3.05) is 7.11 Å². The molecule has 1 aromatic heterocycles. The third kappa shape index (κ3) is 3.35. The molecule has 1 heterocycles. The summed E-state index contributed by atoms with van der Waals surface area (Å²) in [7, 11) is 1.37. The SMILES string of the molecule is COC(=O)C(C)Sc1n[nH]c(-c2ccc(C)cc2)n1. The normalized spacial score (nSPS) is 12.2. The molecule has 1 aromatic carbocycles. The first kappa shape index (κ1) is 13.6. The smallest absolute Gasteiger partial charge is 0.318 e. The summed E-state index contributed by atoms with van der Waals surface area (Å²) in [5.41, 5.74) is 2.16. The summed E-state index contributed by atoms with van der Waals surface area (Å²) in [5, 5.41) is 7.17. The predicted octanol–water partition coefficient (Wildman–Crippen LogP) is 2.43. The number of aromatic amines is 1. The van der Waals surface area contributed by atoms with Crippen molar-refractivity contribution in [1.29, 1.82) is 0 Å². The van der Waals surface area contributed by atoms with Gasteiger partial charge in [-0.1, -0.05) is 41.6 Å². The number of carbonyl (C=O) groups excluding carboxylic acids is 1. The molecule has 1 unspecified atom stereocenters. The second kappa shape index (κ2) is 5.88. The number of nitrogens with zero attached hydrogens (tertiary/aromatic N) is 2. The van der Waals surface area contributed by atoms with E-state index in [4.69, 9.17) is 0 Å². The van der Waals surface area contributed by atoms with Crippen molar-refractivity contribution >= 4 is 17.7 Å². The molecule has 0 aliphatic carbocycles. The molecule has 1 atom stereocenters. The topological polar surface area (TPSA) is 67.9 Å². The molecule has 0 spiro atoms. The molecule has 0 saturated heterocycles. The number of hydrogen-bond acceptors (Lipinski definition) is 5. The lowest BCUT2D eigenvalue weighted by Crippen LogP contribution is -2.14. The molecule has 0 amide bonds. The summed E-state index contributed by atoms with van der Waals surface area (Å²) in [5.74, 6) is 0.409. The Kier molecular flexibility index (Phi) is 4.21. The van der Waals surface area contributed by atoms with Gasteiger partial charge in [-0.2, -0.15) is 0 Å². The van der Waals surface area contributed by atoms with Crippen LogP contribution in [0.5, 0.6) is 0 Å². The molecule has 0 saturated carbocycles. The molecule has 100 valence electrons. The number of hydrogen-bond donors (Lipinski definition) is 1. The number of aromatic nitrogens is 3. The highest BCUT2D eigenvalue weighted by molar-refractivity contribution is 8.00. The molecule has 2 aromatic rings. The molecular formula is C13H15N3O2S. The number of ether oxygens (including phenoxy) is 1. The maximum atomic E-state index is 11.3. The molecule has 0 aliphatic rings. The number of esters is 1. The van der Waals surface area contributed by atoms with E-state index < -0.39 is 0 Å². The fourth-order valence-electron chi connectivity index (χ4n) is 1.51. The zero-order valence-corrected chi connectivity index (χ0v) is 11.8. The number of carbonyl (C=O) groups is 1. The lowest BCUT2D eigenvalue weighted by Gasteiger charge is -2.04. The quantitative estimate of drug-likeness (QED) is 0.686. The van der Waals surface area contributed by atoms with Gasteiger partial charge in [0.25, 0.3) is 0 Å². The molecule has 0 aliphatic heterocycles. The number of methoxy groups -OCH3 is 1. The Morgan fingerprint density at radius 3 is 2.68 bits per heavy atom. The van der Waals surface area contributed by atoms with E-state index in [9.17, 15) is 4.79 Å². The van der Waals surface area contributed by atoms with Crippen LogP contribution in [0.2, 0.25) is 0 Å². The van der Waals surface area contributed by atoms with Gasteiger partial charge in [0, 0.05) is 5.56 Å². The van der Waals surface area contributed by atoms with Gasteiger partial charge in [-0.05, 0) is 13.8 Å². The lowest BCUT2D eigenvalue weighted by molar-refractivity contribution is -0.139. The molecule has 2 rings (SSSR count). The van der Waals surface area contributed by atoms with Crippen LogP contribution < -0.4 is 0 Å². The zero-order chi connectivity index (χ0) is 13.8. The van der Waals surface area contributed by atoms with Crippen molar-refractivity contribution in [3.63, 3.8) is 0 Å². The number of aryl methyl sites for hydroxylation is 1. The van der Waals surface area contributed by atoms with Gasteiger partial charge in [-0.15, -0.1) is 5.10 Å². The van der Waals surface area contributed by atoms with Crippen LogP contribution in [0.15, 0.2) is 29.4 Å². The van der Waals surface area contributed by atoms with Crippen molar-refractivity contribution < 1.29 is 9.53 Å². The molecule has 19 heavy (non-hydrogen) atoms. The van der Waals surface area contributed by atoms with Gasteiger partial charge in [0.05, 0.1) is 7.11 Å². The number of nitrogens with one attached hydrogen (secondary N) is 1. The number of H-pyrrole nitrogens is 1. The highest BCUT2D eigenvalue weighted by Gasteiger charge is 2.17. The first-order valence-corrected chi connectivity index (χ1v) is 6.72. The van der Waals surface area contributed by atoms with Crippen LogP contribution in [0.25, 0.3) is 11.4 Å². The van der Waals surface area contributed by atoms with E-state index >= 15 is 0 Å². The summed E-state index contributed by atoms with van der Waals surface area (Å²) in [4.78, 5) is 15.7. The molecule has 0 bridgehead atoms. The van der Waals surface area contributed by atoms with E-state index in [0.717, 1.165) is 5.56 Å². The zero-order valence-electron chi connectivity index (χ0n) is 11.0. The Bertz CT molecular complexity index is 566. The van der Waals surface area contributed by atoms with E-state index in [1.54, 1.807) is 6.92 Å². The van der Waals surface area contributed by atoms with E-state index in [1.165, 1.54) is 24.4 Å². The lowest BCUT2D eigenvalue weighted by atomic mass is 10.1. The average Bonchev–Trinajstić information content (AvgIpc) is 2.87. The second-order valence-electron chi connectivity index (χ2n) is 4.12. The summed E-state index contributed by atoms with van der Waals surface area (Å²) in [6, 6.07) is 7.99. The van der Waals surface area contributed by atoms with Crippen molar-refractivity contribution in [2.45, 2.75) is 24.3 Å². The van der Waals surface area contributed by atoms with Gasteiger partial charge < -0.3 is 4.74 Å². The highest BCUT2D eigenvalue weighted by Crippen LogP contribution is 2.23. The Balaban J connectivity index is 2.11. The van der Waals surface area contributed by atoms with Gasteiger partial charge >= 0.3 is 5.97 Å². The molecule has 0 radical (unpaired) electrons. The second-order valence-corrected chi connectivity index (χ2v) is 5.42. The van der Waals surface area contributed by atoms with Gasteiger partial charge in [-0.3, -0.25) is 9.89 Å². The van der Waals surface area contributed by atoms with Crippen molar-refractivity contribution in [3.8, 4) is 11.4 Å². The maximum absolute atomic E-state index is 11.3. The van der Waals surface area contributed by atoms with E-state index in [1.807, 2.05) is 31.2 Å². The minimum atomic E-state index is -0.327. The van der Waals surface area contributed by atoms with Crippen LogP contribution in [-0.2, 0) is 9.53 Å². The Labute approximate surface area is 115 Å². The Morgan fingerprint density at radius 2 is 2.05 bits per heavy atom. The van der Waals surface area contributed by atoms with Crippen LogP contribution in [0, 0.1) is 6.92 Å². The van der Waals surface area contributed by atoms with Gasteiger partial charge in [0.2, 0.25) is 5.16 Å². The molecule has 1 N–H and O–H groups in total. The predicted molar refractivity (Wildman–Crippen MR) is 73.9 cm³/mol. The summed E-state index contributed by atoms with van der Waals surface area (Å²) < 4.78 is 4.66. The van der Waals surface area contributed by atoms with E-state index in [2.05, 4.69) is 19.9 Å². The molecular weight excluding hydrogens is 262 g/mol. The van der Waals surface area contributed by atoms with Crippen molar-refractivity contribution in [2.24, 2.45) is 0 Å². The fourth-order valence-corrected chi connectivity index (χ4v) is 2.26. The first-order chi connectivity index (χ1) is 9.10. The molecule has 6 heteroatoms. The summed E-state index contributed by atoms with van der Waals surface area (Å²) in [6.45, 7) is 3.79. The highest BCUT2D eigenvalue weighted by atomic mass is 32.2. The van der Waals surface area contributed by atoms with Crippen LogP contribution in [0.4, 0.5) is 0 Å². The fraction of sp³-hybridized carbons (Fsp3) is 0.308. The maximum Gasteiger partial charge on any atom is 0.318 e. The van der Waals surface area contributed by atoms with Crippen LogP contribution in [0.1, 0.15) is 12.5 Å². The van der Waals surface area contributed by atoms with Gasteiger partial charge in [0.15, 0.2) is 5.82 Å². The monoisotopic (exact) mass is 277 g/mol. The Hall–Kier alpha value is -1.82. The Morgan fingerprint density at radius 1 is 1.37 bits per heavy atom. The van der Waals surface area contributed by atoms with E-state index in [-0.39, 0.29) is 11.2 Å². The number of thioether (sulfide) groups is 1. The van der Waals surface area contributed by atoms with Gasteiger partial charge in [0.1, 0.15) is 5.25 Å². The third-order valence-corrected chi connectivity index (χ3v) is 3.54. The summed E-state index contributed by atoms with van der Waals surface area (Å²) in [6.07, 6.45) is 0.